The maximum Gasteiger partial charge on any atom is 0.123 e. The Kier molecular flexibility index (Phi) is 4.58. The molecule has 1 aliphatic heterocycles. The minimum absolute atomic E-state index is 0.165. The molecule has 0 spiro atoms. The summed E-state index contributed by atoms with van der Waals surface area (Å²) >= 11 is 0. The van der Waals surface area contributed by atoms with Crippen LogP contribution in [0.25, 0.3) is 0 Å². The number of aliphatic hydroxyl groups is 1. The van der Waals surface area contributed by atoms with E-state index in [0.29, 0.717) is 6.54 Å². The van der Waals surface area contributed by atoms with Gasteiger partial charge in [0.05, 0.1) is 13.7 Å². The van der Waals surface area contributed by atoms with Crippen molar-refractivity contribution < 1.29 is 9.84 Å². The van der Waals surface area contributed by atoms with Crippen LogP contribution in [-0.4, -0.2) is 43.9 Å². The molecule has 1 heterocycles. The second kappa shape index (κ2) is 6.18. The Morgan fingerprint density at radius 1 is 1.39 bits per heavy atom. The lowest BCUT2D eigenvalue weighted by molar-refractivity contribution is 0.291. The summed E-state index contributed by atoms with van der Waals surface area (Å²) in [6.07, 6.45) is 1.10. The van der Waals surface area contributed by atoms with Crippen LogP contribution in [0.3, 0.4) is 0 Å². The molecule has 0 saturated carbocycles. The second-order valence-electron chi connectivity index (χ2n) is 4.82. The van der Waals surface area contributed by atoms with E-state index in [9.17, 15) is 0 Å². The fraction of sp³-hybridized carbons (Fsp3) is 0.571. The Hall–Kier alpha value is -1.10. The average Bonchev–Trinajstić information content (AvgIpc) is 2.38. The van der Waals surface area contributed by atoms with Gasteiger partial charge in [0.25, 0.3) is 0 Å². The molecule has 0 amide bonds. The molecule has 18 heavy (non-hydrogen) atoms. The largest absolute Gasteiger partial charge is 0.496 e. The molecule has 1 aromatic rings. The van der Waals surface area contributed by atoms with E-state index < -0.39 is 0 Å². The zero-order valence-electron chi connectivity index (χ0n) is 11.2. The van der Waals surface area contributed by atoms with Crippen molar-refractivity contribution in [2.24, 2.45) is 0 Å². The number of hydrogen-bond acceptors (Lipinski definition) is 4. The molecule has 1 aromatic carbocycles. The third-order valence-electron chi connectivity index (χ3n) is 3.41. The number of hydrogen-bond donors (Lipinski definition) is 2. The van der Waals surface area contributed by atoms with Crippen LogP contribution in [0.5, 0.6) is 5.75 Å². The smallest absolute Gasteiger partial charge is 0.123 e. The summed E-state index contributed by atoms with van der Waals surface area (Å²) in [5.41, 5.74) is 3.97. The first kappa shape index (κ1) is 13.3. The predicted octanol–water partition coefficient (Wildman–Crippen LogP) is 0.765. The summed E-state index contributed by atoms with van der Waals surface area (Å²) in [7, 11) is 3.86. The Morgan fingerprint density at radius 2 is 2.22 bits per heavy atom. The zero-order valence-corrected chi connectivity index (χ0v) is 11.2. The van der Waals surface area contributed by atoms with Gasteiger partial charge in [-0.25, -0.2) is 0 Å². The average molecular weight is 250 g/mol. The highest BCUT2D eigenvalue weighted by molar-refractivity contribution is 5.43. The maximum atomic E-state index is 8.79. The molecule has 2 N–H and O–H groups in total. The van der Waals surface area contributed by atoms with Crippen LogP contribution in [0, 0.1) is 0 Å². The van der Waals surface area contributed by atoms with Gasteiger partial charge in [-0.05, 0) is 30.7 Å². The van der Waals surface area contributed by atoms with Gasteiger partial charge >= 0.3 is 0 Å². The topological polar surface area (TPSA) is 44.7 Å². The summed E-state index contributed by atoms with van der Waals surface area (Å²) in [6.45, 7) is 3.63. The first-order valence-corrected chi connectivity index (χ1v) is 6.43. The van der Waals surface area contributed by atoms with Crippen molar-refractivity contribution in [3.63, 3.8) is 0 Å². The molecule has 0 atom stereocenters. The lowest BCUT2D eigenvalue weighted by Gasteiger charge is -2.26. The Labute approximate surface area is 109 Å². The highest BCUT2D eigenvalue weighted by atomic mass is 16.5. The van der Waals surface area contributed by atoms with Crippen LogP contribution in [0.2, 0.25) is 0 Å². The van der Waals surface area contributed by atoms with Crippen LogP contribution >= 0.6 is 0 Å². The standard InChI is InChI=1S/C14H22N2O2/c1-16-5-3-11-7-12(9-15-4-6-17)14(18-2)8-13(11)10-16/h7-8,15,17H,3-6,9-10H2,1-2H3. The number of aliphatic hydroxyl groups excluding tert-OH is 1. The minimum atomic E-state index is 0.165. The highest BCUT2D eigenvalue weighted by Crippen LogP contribution is 2.27. The number of benzene rings is 1. The van der Waals surface area contributed by atoms with Gasteiger partial charge in [0.2, 0.25) is 0 Å². The van der Waals surface area contributed by atoms with E-state index in [1.807, 2.05) is 0 Å². The molecule has 4 heteroatoms. The summed E-state index contributed by atoms with van der Waals surface area (Å²) < 4.78 is 5.46. The molecule has 0 saturated heterocycles. The van der Waals surface area contributed by atoms with Crippen molar-refractivity contribution in [3.05, 3.63) is 28.8 Å². The van der Waals surface area contributed by atoms with Gasteiger partial charge in [0, 0.05) is 31.7 Å². The Morgan fingerprint density at radius 3 is 2.94 bits per heavy atom. The van der Waals surface area contributed by atoms with Crippen LogP contribution in [0.15, 0.2) is 12.1 Å². The third-order valence-corrected chi connectivity index (χ3v) is 3.41. The Bertz CT molecular complexity index is 407. The predicted molar refractivity (Wildman–Crippen MR) is 71.8 cm³/mol. The van der Waals surface area contributed by atoms with E-state index in [1.54, 1.807) is 7.11 Å². The van der Waals surface area contributed by atoms with Crippen molar-refractivity contribution in [1.29, 1.82) is 0 Å². The van der Waals surface area contributed by atoms with Crippen molar-refractivity contribution in [1.82, 2.24) is 10.2 Å². The molecule has 0 fully saturated rings. The van der Waals surface area contributed by atoms with Gasteiger partial charge in [0.15, 0.2) is 0 Å². The number of fused-ring (bicyclic) bond motifs is 1. The van der Waals surface area contributed by atoms with Gasteiger partial charge in [0.1, 0.15) is 5.75 Å². The molecular formula is C14H22N2O2. The van der Waals surface area contributed by atoms with Crippen LogP contribution < -0.4 is 10.1 Å². The van der Waals surface area contributed by atoms with E-state index in [4.69, 9.17) is 9.84 Å². The van der Waals surface area contributed by atoms with E-state index in [1.165, 1.54) is 16.7 Å². The number of ether oxygens (including phenoxy) is 1. The molecule has 1 aliphatic rings. The van der Waals surface area contributed by atoms with E-state index in [0.717, 1.165) is 31.8 Å². The normalized spacial score (nSPS) is 15.5. The van der Waals surface area contributed by atoms with E-state index in [-0.39, 0.29) is 6.61 Å². The van der Waals surface area contributed by atoms with E-state index >= 15 is 0 Å². The van der Waals surface area contributed by atoms with Gasteiger partial charge in [-0.3, -0.25) is 0 Å². The molecule has 4 nitrogen and oxygen atoms in total. The fourth-order valence-electron chi connectivity index (χ4n) is 2.41. The second-order valence-corrected chi connectivity index (χ2v) is 4.82. The first-order valence-electron chi connectivity index (χ1n) is 6.43. The molecule has 0 unspecified atom stereocenters. The zero-order chi connectivity index (χ0) is 13.0. The third kappa shape index (κ3) is 3.02. The van der Waals surface area contributed by atoms with Gasteiger partial charge < -0.3 is 20.1 Å². The van der Waals surface area contributed by atoms with Crippen molar-refractivity contribution in [3.8, 4) is 5.75 Å². The SMILES string of the molecule is COc1cc2c(cc1CNCCO)CCN(C)C2. The van der Waals surface area contributed by atoms with Gasteiger partial charge in [-0.15, -0.1) is 0 Å². The van der Waals surface area contributed by atoms with Crippen LogP contribution in [0.4, 0.5) is 0 Å². The van der Waals surface area contributed by atoms with Crippen LogP contribution in [-0.2, 0) is 19.5 Å². The molecule has 0 radical (unpaired) electrons. The number of methoxy groups -OCH3 is 1. The lowest BCUT2D eigenvalue weighted by Crippen LogP contribution is -2.27. The molecule has 0 bridgehead atoms. The van der Waals surface area contributed by atoms with Crippen molar-refractivity contribution >= 4 is 0 Å². The highest BCUT2D eigenvalue weighted by Gasteiger charge is 2.16. The Balaban J connectivity index is 2.19. The maximum absolute atomic E-state index is 8.79. The summed E-state index contributed by atoms with van der Waals surface area (Å²) in [6, 6.07) is 4.40. The summed E-state index contributed by atoms with van der Waals surface area (Å²) in [5.74, 6) is 0.939. The fourth-order valence-corrected chi connectivity index (χ4v) is 2.41. The minimum Gasteiger partial charge on any atom is -0.496 e. The lowest BCUT2D eigenvalue weighted by atomic mass is 9.96. The summed E-state index contributed by atoms with van der Waals surface area (Å²) in [4.78, 5) is 2.32. The summed E-state index contributed by atoms with van der Waals surface area (Å²) in [5, 5.41) is 12.0. The number of nitrogens with one attached hydrogen (secondary N) is 1. The quantitative estimate of drug-likeness (QED) is 0.758. The number of likely N-dealkylation sites (N-methyl/N-ethyl adjacent to an activating group) is 1. The first-order chi connectivity index (χ1) is 8.74. The molecule has 100 valence electrons. The van der Waals surface area contributed by atoms with Gasteiger partial charge in [-0.2, -0.15) is 0 Å². The number of nitrogens with zero attached hydrogens (tertiary/aromatic N) is 1. The molecular weight excluding hydrogens is 228 g/mol. The van der Waals surface area contributed by atoms with Crippen molar-refractivity contribution in [2.75, 3.05) is 33.9 Å². The monoisotopic (exact) mass is 250 g/mol. The van der Waals surface area contributed by atoms with Gasteiger partial charge in [-0.1, -0.05) is 6.07 Å². The van der Waals surface area contributed by atoms with Crippen molar-refractivity contribution in [2.45, 2.75) is 19.5 Å². The van der Waals surface area contributed by atoms with Crippen LogP contribution in [0.1, 0.15) is 16.7 Å². The molecule has 0 aromatic heterocycles. The molecule has 0 aliphatic carbocycles. The van der Waals surface area contributed by atoms with E-state index in [2.05, 4.69) is 29.4 Å². The number of rotatable bonds is 5. The molecule has 2 rings (SSSR count).